The summed E-state index contributed by atoms with van der Waals surface area (Å²) in [6.45, 7) is 7.04. The summed E-state index contributed by atoms with van der Waals surface area (Å²) in [5, 5.41) is 2.94. The van der Waals surface area contributed by atoms with Crippen LogP contribution in [0.2, 0.25) is 0 Å². The van der Waals surface area contributed by atoms with Crippen LogP contribution in [0.1, 0.15) is 54.2 Å². The van der Waals surface area contributed by atoms with Gasteiger partial charge in [-0.3, -0.25) is 4.79 Å². The molecule has 1 aliphatic rings. The van der Waals surface area contributed by atoms with Crippen molar-refractivity contribution >= 4 is 15.9 Å². The number of carbonyl (C=O) groups is 1. The number of sulfonamides is 1. The Morgan fingerprint density at radius 2 is 1.77 bits per heavy atom. The Balaban J connectivity index is 1.85. The first-order chi connectivity index (χ1) is 14.2. The molecule has 2 aromatic carbocycles. The number of amides is 1. The van der Waals surface area contributed by atoms with Crippen LogP contribution in [0.25, 0.3) is 0 Å². The van der Waals surface area contributed by atoms with Gasteiger partial charge in [0.15, 0.2) is 0 Å². The highest BCUT2D eigenvalue weighted by molar-refractivity contribution is 7.89. The molecule has 1 N–H and O–H groups in total. The van der Waals surface area contributed by atoms with Crippen LogP contribution in [0.5, 0.6) is 5.75 Å². The molecule has 1 amide bonds. The Kier molecular flexibility index (Phi) is 6.83. The Morgan fingerprint density at radius 3 is 2.37 bits per heavy atom. The fraction of sp³-hybridized carbons (Fsp3) is 0.435. The van der Waals surface area contributed by atoms with Crippen molar-refractivity contribution in [2.75, 3.05) is 20.2 Å². The number of hydrogen-bond donors (Lipinski definition) is 1. The third-order valence-electron chi connectivity index (χ3n) is 5.72. The number of nitrogens with zero attached hydrogens (tertiary/aromatic N) is 1. The average Bonchev–Trinajstić information content (AvgIpc) is 2.74. The van der Waals surface area contributed by atoms with Crippen molar-refractivity contribution in [2.45, 2.75) is 44.6 Å². The lowest BCUT2D eigenvalue weighted by atomic mass is 10.0. The molecule has 0 radical (unpaired) electrons. The molecule has 0 bridgehead atoms. The summed E-state index contributed by atoms with van der Waals surface area (Å²) in [6.07, 6.45) is 1.69. The molecule has 1 aliphatic heterocycles. The molecule has 6 nitrogen and oxygen atoms in total. The van der Waals surface area contributed by atoms with Gasteiger partial charge < -0.3 is 10.1 Å². The molecule has 30 heavy (non-hydrogen) atoms. The number of methoxy groups -OCH3 is 1. The molecule has 1 heterocycles. The van der Waals surface area contributed by atoms with Crippen molar-refractivity contribution in [2.24, 2.45) is 5.92 Å². The highest BCUT2D eigenvalue weighted by Crippen LogP contribution is 2.28. The molecule has 1 unspecified atom stereocenters. The van der Waals surface area contributed by atoms with Crippen LogP contribution in [0.4, 0.5) is 0 Å². The van der Waals surface area contributed by atoms with Gasteiger partial charge >= 0.3 is 0 Å². The molecule has 7 heteroatoms. The number of ether oxygens (including phenoxy) is 1. The second-order valence-corrected chi connectivity index (χ2v) is 9.99. The second-order valence-electron chi connectivity index (χ2n) is 8.05. The SMILES string of the molecule is COc1ccc(S(=O)(=O)N2CCC(C)CC2)cc1C(=O)NC(C)c1ccc(C)cc1. The first-order valence-corrected chi connectivity index (χ1v) is 11.7. The normalized spacial score (nSPS) is 16.8. The van der Waals surface area contributed by atoms with Gasteiger partial charge in [0.1, 0.15) is 5.75 Å². The number of nitrogens with one attached hydrogen (secondary N) is 1. The van der Waals surface area contributed by atoms with Crippen LogP contribution in [0, 0.1) is 12.8 Å². The lowest BCUT2D eigenvalue weighted by Crippen LogP contribution is -2.38. The van der Waals surface area contributed by atoms with E-state index >= 15 is 0 Å². The minimum Gasteiger partial charge on any atom is -0.496 e. The maximum atomic E-state index is 13.1. The summed E-state index contributed by atoms with van der Waals surface area (Å²) >= 11 is 0. The fourth-order valence-electron chi connectivity index (χ4n) is 3.61. The van der Waals surface area contributed by atoms with Crippen LogP contribution in [0.15, 0.2) is 47.4 Å². The van der Waals surface area contributed by atoms with Crippen LogP contribution < -0.4 is 10.1 Å². The van der Waals surface area contributed by atoms with Crippen molar-refractivity contribution in [3.63, 3.8) is 0 Å². The Hall–Kier alpha value is -2.38. The van der Waals surface area contributed by atoms with Gasteiger partial charge in [-0.05, 0) is 56.4 Å². The number of benzene rings is 2. The number of hydrogen-bond acceptors (Lipinski definition) is 4. The van der Waals surface area contributed by atoms with Gasteiger partial charge in [0.2, 0.25) is 10.0 Å². The number of carbonyl (C=O) groups excluding carboxylic acids is 1. The highest BCUT2D eigenvalue weighted by atomic mass is 32.2. The van der Waals surface area contributed by atoms with Crippen molar-refractivity contribution < 1.29 is 17.9 Å². The number of rotatable bonds is 6. The minimum atomic E-state index is -3.65. The smallest absolute Gasteiger partial charge is 0.255 e. The summed E-state index contributed by atoms with van der Waals surface area (Å²) in [6, 6.07) is 12.2. The summed E-state index contributed by atoms with van der Waals surface area (Å²) < 4.78 is 33.0. The van der Waals surface area contributed by atoms with Crippen LogP contribution in [0.3, 0.4) is 0 Å². The zero-order valence-electron chi connectivity index (χ0n) is 18.0. The molecular formula is C23H30N2O4S. The van der Waals surface area contributed by atoms with Crippen LogP contribution >= 0.6 is 0 Å². The first-order valence-electron chi connectivity index (χ1n) is 10.3. The van der Waals surface area contributed by atoms with Crippen LogP contribution in [-0.2, 0) is 10.0 Å². The molecule has 0 saturated carbocycles. The topological polar surface area (TPSA) is 75.7 Å². The van der Waals surface area contributed by atoms with Gasteiger partial charge in [-0.1, -0.05) is 36.8 Å². The summed E-state index contributed by atoms with van der Waals surface area (Å²) in [4.78, 5) is 13.1. The summed E-state index contributed by atoms with van der Waals surface area (Å²) in [7, 11) is -2.19. The van der Waals surface area contributed by atoms with Crippen LogP contribution in [-0.4, -0.2) is 38.8 Å². The summed E-state index contributed by atoms with van der Waals surface area (Å²) in [5.74, 6) is 0.496. The number of piperidine rings is 1. The molecule has 2 aromatic rings. The minimum absolute atomic E-state index is 0.117. The van der Waals surface area contributed by atoms with E-state index in [1.165, 1.54) is 23.5 Å². The maximum absolute atomic E-state index is 13.1. The van der Waals surface area contributed by atoms with E-state index in [0.717, 1.165) is 24.0 Å². The average molecular weight is 431 g/mol. The van der Waals surface area contributed by atoms with Crippen molar-refractivity contribution in [3.8, 4) is 5.75 Å². The second kappa shape index (κ2) is 9.18. The predicted molar refractivity (Wildman–Crippen MR) is 117 cm³/mol. The molecule has 1 saturated heterocycles. The van der Waals surface area contributed by atoms with Gasteiger partial charge in [0, 0.05) is 13.1 Å². The largest absolute Gasteiger partial charge is 0.496 e. The van der Waals surface area contributed by atoms with E-state index < -0.39 is 10.0 Å². The van der Waals surface area contributed by atoms with Crippen molar-refractivity contribution in [3.05, 3.63) is 59.2 Å². The fourth-order valence-corrected chi connectivity index (χ4v) is 5.11. The monoisotopic (exact) mass is 430 g/mol. The standard InChI is InChI=1S/C23H30N2O4S/c1-16-5-7-19(8-6-16)18(3)24-23(26)21-15-20(9-10-22(21)29-4)30(27,28)25-13-11-17(2)12-14-25/h5-10,15,17-18H,11-14H2,1-4H3,(H,24,26). The van der Waals surface area contributed by atoms with E-state index in [4.69, 9.17) is 4.74 Å². The van der Waals surface area contributed by atoms with E-state index in [-0.39, 0.29) is 22.4 Å². The van der Waals surface area contributed by atoms with E-state index in [1.807, 2.05) is 38.1 Å². The summed E-state index contributed by atoms with van der Waals surface area (Å²) in [5.41, 5.74) is 2.33. The molecule has 1 fully saturated rings. The lowest BCUT2D eigenvalue weighted by Gasteiger charge is -2.29. The third kappa shape index (κ3) is 4.84. The Labute approximate surface area is 179 Å². The van der Waals surface area contributed by atoms with Gasteiger partial charge in [-0.2, -0.15) is 4.31 Å². The van der Waals surface area contributed by atoms with Gasteiger partial charge in [-0.15, -0.1) is 0 Å². The molecule has 0 spiro atoms. The third-order valence-corrected chi connectivity index (χ3v) is 7.62. The molecule has 0 aliphatic carbocycles. The van der Waals surface area contributed by atoms with Gasteiger partial charge in [0.25, 0.3) is 5.91 Å². The molecule has 162 valence electrons. The lowest BCUT2D eigenvalue weighted by molar-refractivity contribution is 0.0936. The zero-order valence-corrected chi connectivity index (χ0v) is 18.8. The zero-order chi connectivity index (χ0) is 21.9. The van der Waals surface area contributed by atoms with E-state index in [1.54, 1.807) is 6.07 Å². The molecular weight excluding hydrogens is 400 g/mol. The van der Waals surface area contributed by atoms with Gasteiger partial charge in [-0.25, -0.2) is 8.42 Å². The highest BCUT2D eigenvalue weighted by Gasteiger charge is 2.29. The predicted octanol–water partition coefficient (Wildman–Crippen LogP) is 3.92. The van der Waals surface area contributed by atoms with Crippen molar-refractivity contribution in [1.29, 1.82) is 0 Å². The van der Waals surface area contributed by atoms with Gasteiger partial charge in [0.05, 0.1) is 23.6 Å². The van der Waals surface area contributed by atoms with E-state index in [0.29, 0.717) is 24.8 Å². The Bertz CT molecular complexity index is 994. The molecule has 1 atom stereocenters. The Morgan fingerprint density at radius 1 is 1.13 bits per heavy atom. The molecule has 3 rings (SSSR count). The number of aryl methyl sites for hydroxylation is 1. The maximum Gasteiger partial charge on any atom is 0.255 e. The van der Waals surface area contributed by atoms with Crippen molar-refractivity contribution in [1.82, 2.24) is 9.62 Å². The van der Waals surface area contributed by atoms with E-state index in [9.17, 15) is 13.2 Å². The first kappa shape index (κ1) is 22.3. The van der Waals surface area contributed by atoms with E-state index in [2.05, 4.69) is 12.2 Å². The molecule has 0 aromatic heterocycles. The quantitative estimate of drug-likeness (QED) is 0.754.